The summed E-state index contributed by atoms with van der Waals surface area (Å²) in [6.45, 7) is 0.828. The summed E-state index contributed by atoms with van der Waals surface area (Å²) in [7, 11) is -0.218. The van der Waals surface area contributed by atoms with Gasteiger partial charge in [-0.2, -0.15) is 0 Å². The van der Waals surface area contributed by atoms with E-state index in [0.29, 0.717) is 11.6 Å². The van der Waals surface area contributed by atoms with Crippen LogP contribution in [0, 0.1) is 0 Å². The average Bonchev–Trinajstić information content (AvgIpc) is 2.59. The van der Waals surface area contributed by atoms with Gasteiger partial charge in [0.1, 0.15) is 5.75 Å². The molecule has 0 bridgehead atoms. The number of methoxy groups -OCH3 is 1. The minimum absolute atomic E-state index is 0.569. The highest BCUT2D eigenvalue weighted by atomic mass is 32.2. The van der Waals surface area contributed by atoms with Crippen LogP contribution in [0.3, 0.4) is 0 Å². The fourth-order valence-corrected chi connectivity index (χ4v) is 3.21. The van der Waals surface area contributed by atoms with E-state index in [-0.39, 0.29) is 0 Å². The van der Waals surface area contributed by atoms with Crippen LogP contribution >= 0.6 is 0 Å². The Morgan fingerprint density at radius 1 is 1.40 bits per heavy atom. The van der Waals surface area contributed by atoms with E-state index >= 15 is 0 Å². The van der Waals surface area contributed by atoms with Crippen molar-refractivity contribution in [3.8, 4) is 5.75 Å². The molecule has 82 valence electrons. The molecular weight excluding hydrogens is 210 g/mol. The number of ether oxygens (including phenoxy) is 1. The van der Waals surface area contributed by atoms with Gasteiger partial charge in [-0.3, -0.25) is 4.21 Å². The molecule has 0 radical (unpaired) electrons. The van der Waals surface area contributed by atoms with Gasteiger partial charge in [0.25, 0.3) is 0 Å². The summed E-state index contributed by atoms with van der Waals surface area (Å²) < 4.78 is 16.8. The molecule has 1 fully saturated rings. The first-order valence-electron chi connectivity index (χ1n) is 4.82. The standard InChI is InChI=1S/C11H15NO2S/c1-14-11-5-3-10(4-6-11)12-7-8-15(2,13)9-12/h3-6H,2,7-9H2,1H3. The highest BCUT2D eigenvalue weighted by molar-refractivity contribution is 8.00. The van der Waals surface area contributed by atoms with Crippen LogP contribution in [0.4, 0.5) is 5.69 Å². The van der Waals surface area contributed by atoms with E-state index in [9.17, 15) is 4.21 Å². The number of hydrogen-bond donors (Lipinski definition) is 0. The Balaban J connectivity index is 2.17. The van der Waals surface area contributed by atoms with Gasteiger partial charge >= 0.3 is 0 Å². The van der Waals surface area contributed by atoms with E-state index in [2.05, 4.69) is 10.8 Å². The van der Waals surface area contributed by atoms with Crippen molar-refractivity contribution in [2.75, 3.05) is 30.2 Å². The molecule has 1 unspecified atom stereocenters. The summed E-state index contributed by atoms with van der Waals surface area (Å²) in [6.07, 6.45) is 0. The highest BCUT2D eigenvalue weighted by Crippen LogP contribution is 2.22. The van der Waals surface area contributed by atoms with E-state index in [1.54, 1.807) is 7.11 Å². The summed E-state index contributed by atoms with van der Waals surface area (Å²) in [4.78, 5) is 2.11. The Labute approximate surface area is 90.7 Å². The largest absolute Gasteiger partial charge is 0.497 e. The van der Waals surface area contributed by atoms with Crippen LogP contribution in [-0.4, -0.2) is 35.4 Å². The summed E-state index contributed by atoms with van der Waals surface area (Å²) in [5.74, 6) is 5.84. The molecule has 0 spiro atoms. The van der Waals surface area contributed by atoms with Gasteiger partial charge in [-0.05, 0) is 39.7 Å². The Bertz CT molecular complexity index is 436. The molecule has 0 N–H and O–H groups in total. The lowest BCUT2D eigenvalue weighted by Gasteiger charge is -2.16. The molecule has 0 saturated carbocycles. The lowest BCUT2D eigenvalue weighted by molar-refractivity contribution is 0.415. The van der Waals surface area contributed by atoms with Gasteiger partial charge in [0.05, 0.1) is 13.0 Å². The van der Waals surface area contributed by atoms with Crippen LogP contribution in [0.25, 0.3) is 0 Å². The zero-order chi connectivity index (χ0) is 10.9. The Morgan fingerprint density at radius 3 is 2.53 bits per heavy atom. The number of anilines is 1. The zero-order valence-corrected chi connectivity index (χ0v) is 9.63. The molecule has 0 aliphatic carbocycles. The summed E-state index contributed by atoms with van der Waals surface area (Å²) in [6, 6.07) is 7.80. The monoisotopic (exact) mass is 225 g/mol. The van der Waals surface area contributed by atoms with Crippen molar-refractivity contribution in [3.63, 3.8) is 0 Å². The first-order valence-corrected chi connectivity index (χ1v) is 6.89. The normalized spacial score (nSPS) is 25.5. The SMILES string of the molecule is C=S1(=O)CCN(c2ccc(OC)cc2)C1. The number of benzene rings is 1. The number of nitrogens with zero attached hydrogens (tertiary/aromatic N) is 1. The third-order valence-corrected chi connectivity index (χ3v) is 4.27. The smallest absolute Gasteiger partial charge is 0.119 e. The van der Waals surface area contributed by atoms with Gasteiger partial charge in [0.15, 0.2) is 0 Å². The molecule has 1 aliphatic rings. The van der Waals surface area contributed by atoms with Crippen LogP contribution in [0.1, 0.15) is 0 Å². The van der Waals surface area contributed by atoms with Crippen LogP contribution in [0.5, 0.6) is 5.75 Å². The van der Waals surface area contributed by atoms with E-state index < -0.39 is 9.52 Å². The molecule has 1 aromatic carbocycles. The van der Waals surface area contributed by atoms with Crippen molar-refractivity contribution in [3.05, 3.63) is 24.3 Å². The summed E-state index contributed by atoms with van der Waals surface area (Å²) in [5, 5.41) is 0. The predicted octanol–water partition coefficient (Wildman–Crippen LogP) is 1.19. The predicted molar refractivity (Wildman–Crippen MR) is 65.3 cm³/mol. The molecule has 0 amide bonds. The maximum Gasteiger partial charge on any atom is 0.119 e. The van der Waals surface area contributed by atoms with Crippen LogP contribution < -0.4 is 9.64 Å². The van der Waals surface area contributed by atoms with Crippen LogP contribution in [-0.2, 0) is 9.52 Å². The molecule has 1 heterocycles. The second-order valence-electron chi connectivity index (χ2n) is 3.76. The minimum Gasteiger partial charge on any atom is -0.497 e. The Kier molecular flexibility index (Phi) is 2.61. The van der Waals surface area contributed by atoms with Crippen molar-refractivity contribution >= 4 is 21.1 Å². The molecule has 0 aromatic heterocycles. The second-order valence-corrected chi connectivity index (χ2v) is 6.36. The summed E-state index contributed by atoms with van der Waals surface area (Å²) >= 11 is 0. The molecule has 1 saturated heterocycles. The van der Waals surface area contributed by atoms with Crippen molar-refractivity contribution in [1.29, 1.82) is 0 Å². The topological polar surface area (TPSA) is 29.5 Å². The van der Waals surface area contributed by atoms with Gasteiger partial charge in [0.2, 0.25) is 0 Å². The van der Waals surface area contributed by atoms with Crippen molar-refractivity contribution in [2.45, 2.75) is 0 Å². The maximum atomic E-state index is 11.7. The first kappa shape index (κ1) is 10.4. The minimum atomic E-state index is -1.86. The second kappa shape index (κ2) is 3.77. The van der Waals surface area contributed by atoms with E-state index in [4.69, 9.17) is 4.74 Å². The molecular formula is C11H15NO2S. The van der Waals surface area contributed by atoms with E-state index in [0.717, 1.165) is 18.0 Å². The number of rotatable bonds is 2. The molecule has 3 nitrogen and oxygen atoms in total. The molecule has 2 rings (SSSR count). The van der Waals surface area contributed by atoms with E-state index in [1.165, 1.54) is 0 Å². The van der Waals surface area contributed by atoms with Crippen LogP contribution in [0.15, 0.2) is 24.3 Å². The molecule has 1 aliphatic heterocycles. The lowest BCUT2D eigenvalue weighted by atomic mass is 10.3. The zero-order valence-electron chi connectivity index (χ0n) is 8.81. The maximum absolute atomic E-state index is 11.7. The lowest BCUT2D eigenvalue weighted by Crippen LogP contribution is -2.19. The fourth-order valence-electron chi connectivity index (χ4n) is 1.69. The van der Waals surface area contributed by atoms with Crippen LogP contribution in [0.2, 0.25) is 0 Å². The molecule has 1 aromatic rings. The van der Waals surface area contributed by atoms with Gasteiger partial charge in [-0.15, -0.1) is 0 Å². The van der Waals surface area contributed by atoms with Crippen molar-refractivity contribution in [2.24, 2.45) is 0 Å². The third kappa shape index (κ3) is 2.26. The van der Waals surface area contributed by atoms with Gasteiger partial charge in [-0.1, -0.05) is 0 Å². The highest BCUT2D eigenvalue weighted by Gasteiger charge is 2.20. The van der Waals surface area contributed by atoms with Gasteiger partial charge < -0.3 is 9.64 Å². The van der Waals surface area contributed by atoms with Gasteiger partial charge in [0, 0.05) is 18.0 Å². The third-order valence-electron chi connectivity index (χ3n) is 2.56. The van der Waals surface area contributed by atoms with Crippen molar-refractivity contribution in [1.82, 2.24) is 0 Å². The average molecular weight is 225 g/mol. The molecule has 15 heavy (non-hydrogen) atoms. The Hall–Kier alpha value is -1.16. The molecule has 4 heteroatoms. The fraction of sp³-hybridized carbons (Fsp3) is 0.364. The summed E-state index contributed by atoms with van der Waals surface area (Å²) in [5.41, 5.74) is 1.09. The molecule has 1 atom stereocenters. The van der Waals surface area contributed by atoms with Gasteiger partial charge in [-0.25, -0.2) is 0 Å². The van der Waals surface area contributed by atoms with E-state index in [1.807, 2.05) is 24.3 Å². The Morgan fingerprint density at radius 2 is 2.07 bits per heavy atom. The van der Waals surface area contributed by atoms with Crippen molar-refractivity contribution < 1.29 is 8.95 Å². The quantitative estimate of drug-likeness (QED) is 0.708. The number of hydrogen-bond acceptors (Lipinski definition) is 3. The first-order chi connectivity index (χ1) is 7.11.